The third kappa shape index (κ3) is 5.62. The summed E-state index contributed by atoms with van der Waals surface area (Å²) in [6.45, 7) is 9.47. The van der Waals surface area contributed by atoms with Crippen molar-refractivity contribution < 1.29 is 23.8 Å². The lowest BCUT2D eigenvalue weighted by Crippen LogP contribution is -2.47. The Balaban J connectivity index is 1.69. The number of hydrogen-bond donors (Lipinski definition) is 2. The van der Waals surface area contributed by atoms with Gasteiger partial charge >= 0.3 is 6.09 Å². The molecule has 0 spiro atoms. The Labute approximate surface area is 220 Å². The molecule has 0 aliphatic carbocycles. The summed E-state index contributed by atoms with van der Waals surface area (Å²) in [5.41, 5.74) is -1.17. The maximum atomic E-state index is 15.2. The van der Waals surface area contributed by atoms with E-state index in [1.165, 1.54) is 17.8 Å². The number of ether oxygens (including phenoxy) is 2. The molecule has 1 aliphatic rings. The molecule has 0 aromatic carbocycles. The lowest BCUT2D eigenvalue weighted by atomic mass is 10.0. The summed E-state index contributed by atoms with van der Waals surface area (Å²) in [4.78, 5) is 23.2. The second-order valence-corrected chi connectivity index (χ2v) is 10.8. The lowest BCUT2D eigenvalue weighted by Gasteiger charge is -2.34. The summed E-state index contributed by atoms with van der Waals surface area (Å²) in [7, 11) is 1.46. The van der Waals surface area contributed by atoms with E-state index < -0.39 is 23.1 Å². The highest BCUT2D eigenvalue weighted by atomic mass is 19.1. The van der Waals surface area contributed by atoms with E-state index in [-0.39, 0.29) is 40.0 Å². The molecule has 202 valence electrons. The lowest BCUT2D eigenvalue weighted by molar-refractivity contribution is 0.0206. The Morgan fingerprint density at radius 1 is 1.29 bits per heavy atom. The van der Waals surface area contributed by atoms with Gasteiger partial charge < -0.3 is 24.8 Å². The standard InChI is InChI=1S/C26H32FN7O4/c1-25(2,3)38-24(35)33-9-7-8-16(13-33)30-22-15(11-28)10-18(27)20(31-22)17-12-29-34-14-19(37-6)21(26(4,5)36)32-23(17)34/h10,12,14,16,36H,7-9,13H2,1-6H3,(H,30,31)/t16-/m1/s1. The van der Waals surface area contributed by atoms with Gasteiger partial charge in [0.15, 0.2) is 17.2 Å². The van der Waals surface area contributed by atoms with Crippen molar-refractivity contribution in [2.24, 2.45) is 0 Å². The van der Waals surface area contributed by atoms with Gasteiger partial charge in [0.05, 0.1) is 30.6 Å². The molecule has 12 heteroatoms. The molecular weight excluding hydrogens is 493 g/mol. The third-order valence-corrected chi connectivity index (χ3v) is 6.02. The fourth-order valence-electron chi connectivity index (χ4n) is 4.30. The van der Waals surface area contributed by atoms with Crippen LogP contribution in [0.2, 0.25) is 0 Å². The minimum atomic E-state index is -1.33. The molecule has 1 aliphatic heterocycles. The molecule has 0 saturated carbocycles. The van der Waals surface area contributed by atoms with Crippen LogP contribution in [0.4, 0.5) is 15.0 Å². The molecule has 3 aromatic heterocycles. The maximum Gasteiger partial charge on any atom is 0.410 e. The average Bonchev–Trinajstić information content (AvgIpc) is 3.25. The first kappa shape index (κ1) is 27.1. The molecule has 0 bridgehead atoms. The van der Waals surface area contributed by atoms with Crippen LogP contribution < -0.4 is 10.1 Å². The molecular formula is C26H32FN7O4. The van der Waals surface area contributed by atoms with Gasteiger partial charge in [0.25, 0.3) is 0 Å². The monoisotopic (exact) mass is 525 g/mol. The van der Waals surface area contributed by atoms with Crippen LogP contribution in [0, 0.1) is 17.1 Å². The van der Waals surface area contributed by atoms with Crippen molar-refractivity contribution in [3.8, 4) is 23.1 Å². The molecule has 1 saturated heterocycles. The van der Waals surface area contributed by atoms with Crippen LogP contribution in [-0.4, -0.2) is 67.5 Å². The molecule has 1 amide bonds. The highest BCUT2D eigenvalue weighted by Crippen LogP contribution is 2.33. The fourth-order valence-corrected chi connectivity index (χ4v) is 4.30. The summed E-state index contributed by atoms with van der Waals surface area (Å²) < 4.78 is 27.5. The van der Waals surface area contributed by atoms with Crippen molar-refractivity contribution in [1.82, 2.24) is 24.5 Å². The molecule has 38 heavy (non-hydrogen) atoms. The number of hydrogen-bond acceptors (Lipinski definition) is 9. The second kappa shape index (κ2) is 10.1. The summed E-state index contributed by atoms with van der Waals surface area (Å²) in [6, 6.07) is 2.88. The van der Waals surface area contributed by atoms with Gasteiger partial charge in [0.2, 0.25) is 0 Å². The summed E-state index contributed by atoms with van der Waals surface area (Å²) >= 11 is 0. The van der Waals surface area contributed by atoms with Gasteiger partial charge in [-0.25, -0.2) is 23.7 Å². The van der Waals surface area contributed by atoms with Gasteiger partial charge in [-0.3, -0.25) is 0 Å². The number of nitrogens with zero attached hydrogens (tertiary/aromatic N) is 6. The number of carbonyl (C=O) groups is 1. The van der Waals surface area contributed by atoms with E-state index in [4.69, 9.17) is 9.47 Å². The molecule has 0 unspecified atom stereocenters. The van der Waals surface area contributed by atoms with Crippen LogP contribution in [-0.2, 0) is 10.3 Å². The highest BCUT2D eigenvalue weighted by molar-refractivity contribution is 5.77. The van der Waals surface area contributed by atoms with E-state index in [0.717, 1.165) is 18.9 Å². The zero-order valence-corrected chi connectivity index (χ0v) is 22.4. The van der Waals surface area contributed by atoms with Crippen LogP contribution >= 0.6 is 0 Å². The van der Waals surface area contributed by atoms with Gasteiger partial charge in [-0.1, -0.05) is 0 Å². The number of nitriles is 1. The SMILES string of the molecule is COc1cn2ncc(-c3nc(N[C@@H]4CCCN(C(=O)OC(C)(C)C)C4)c(C#N)cc3F)c2nc1C(C)(C)O. The fraction of sp³-hybridized carbons (Fsp3) is 0.500. The first-order chi connectivity index (χ1) is 17.8. The Morgan fingerprint density at radius 2 is 2.03 bits per heavy atom. The molecule has 4 heterocycles. The number of likely N-dealkylation sites (tertiary alicyclic amines) is 1. The number of carbonyl (C=O) groups excluding carboxylic acids is 1. The van der Waals surface area contributed by atoms with E-state index in [1.807, 2.05) is 26.8 Å². The van der Waals surface area contributed by atoms with E-state index in [1.54, 1.807) is 24.9 Å². The first-order valence-corrected chi connectivity index (χ1v) is 12.3. The van der Waals surface area contributed by atoms with E-state index in [0.29, 0.717) is 18.8 Å². The normalized spacial score (nSPS) is 16.3. The summed E-state index contributed by atoms with van der Waals surface area (Å²) in [6.07, 6.45) is 4.01. The smallest absolute Gasteiger partial charge is 0.410 e. The van der Waals surface area contributed by atoms with Gasteiger partial charge in [0, 0.05) is 19.1 Å². The highest BCUT2D eigenvalue weighted by Gasteiger charge is 2.29. The van der Waals surface area contributed by atoms with Crippen molar-refractivity contribution >= 4 is 17.6 Å². The zero-order chi connectivity index (χ0) is 27.8. The number of pyridine rings is 1. The number of methoxy groups -OCH3 is 1. The number of piperidine rings is 1. The van der Waals surface area contributed by atoms with Crippen molar-refractivity contribution in [2.75, 3.05) is 25.5 Å². The number of halogens is 1. The number of fused-ring (bicyclic) bond motifs is 1. The molecule has 1 fully saturated rings. The topological polar surface area (TPSA) is 138 Å². The van der Waals surface area contributed by atoms with Crippen molar-refractivity contribution in [1.29, 1.82) is 5.26 Å². The number of nitrogens with one attached hydrogen (secondary N) is 1. The average molecular weight is 526 g/mol. The van der Waals surface area contributed by atoms with E-state index >= 15 is 4.39 Å². The Kier molecular flexibility index (Phi) is 7.16. The van der Waals surface area contributed by atoms with Gasteiger partial charge in [0.1, 0.15) is 34.5 Å². The Bertz CT molecular complexity index is 1400. The van der Waals surface area contributed by atoms with Crippen molar-refractivity contribution in [2.45, 2.75) is 64.7 Å². The largest absolute Gasteiger partial charge is 0.493 e. The van der Waals surface area contributed by atoms with Gasteiger partial charge in [-0.15, -0.1) is 0 Å². The van der Waals surface area contributed by atoms with E-state index in [9.17, 15) is 15.2 Å². The predicted molar refractivity (Wildman–Crippen MR) is 137 cm³/mol. The van der Waals surface area contributed by atoms with E-state index in [2.05, 4.69) is 20.4 Å². The number of anilines is 1. The number of aliphatic hydroxyl groups is 1. The minimum absolute atomic E-state index is 0.0314. The first-order valence-electron chi connectivity index (χ1n) is 12.3. The van der Waals surface area contributed by atoms with Crippen molar-refractivity contribution in [3.63, 3.8) is 0 Å². The molecule has 3 aromatic rings. The van der Waals surface area contributed by atoms with Crippen LogP contribution in [0.15, 0.2) is 18.5 Å². The Hall–Kier alpha value is -3.98. The number of rotatable bonds is 5. The maximum absolute atomic E-state index is 15.2. The third-order valence-electron chi connectivity index (χ3n) is 6.02. The molecule has 2 N–H and O–H groups in total. The molecule has 1 atom stereocenters. The number of aromatic nitrogens is 4. The molecule has 4 rings (SSSR count). The van der Waals surface area contributed by atoms with Crippen LogP contribution in [0.1, 0.15) is 58.7 Å². The van der Waals surface area contributed by atoms with Gasteiger partial charge in [-0.05, 0) is 53.5 Å². The summed E-state index contributed by atoms with van der Waals surface area (Å²) in [5, 5.41) is 27.7. The minimum Gasteiger partial charge on any atom is -0.493 e. The van der Waals surface area contributed by atoms with Crippen LogP contribution in [0.5, 0.6) is 5.75 Å². The van der Waals surface area contributed by atoms with Crippen LogP contribution in [0.25, 0.3) is 16.9 Å². The summed E-state index contributed by atoms with van der Waals surface area (Å²) in [5.74, 6) is -0.207. The quantitative estimate of drug-likeness (QED) is 0.509. The zero-order valence-electron chi connectivity index (χ0n) is 22.4. The molecule has 0 radical (unpaired) electrons. The van der Waals surface area contributed by atoms with Crippen LogP contribution in [0.3, 0.4) is 0 Å². The molecule has 11 nitrogen and oxygen atoms in total. The van der Waals surface area contributed by atoms with Gasteiger partial charge in [-0.2, -0.15) is 10.4 Å². The Morgan fingerprint density at radius 3 is 2.66 bits per heavy atom. The van der Waals surface area contributed by atoms with Crippen molar-refractivity contribution in [3.05, 3.63) is 35.5 Å². The number of amides is 1. The second-order valence-electron chi connectivity index (χ2n) is 10.8. The predicted octanol–water partition coefficient (Wildman–Crippen LogP) is 3.85.